The molecule has 0 amide bonds. The molecule has 0 spiro atoms. The van der Waals surface area contributed by atoms with Crippen LogP contribution in [0.25, 0.3) is 0 Å². The second-order valence-corrected chi connectivity index (χ2v) is 6.10. The van der Waals surface area contributed by atoms with E-state index < -0.39 is 0 Å². The molecule has 1 aromatic carbocycles. The zero-order chi connectivity index (χ0) is 13.5. The Kier molecular flexibility index (Phi) is 6.21. The number of nitrogens with one attached hydrogen (secondary N) is 1. The van der Waals surface area contributed by atoms with Gasteiger partial charge in [0.05, 0.1) is 0 Å². The molecule has 1 atom stereocenters. The second-order valence-electron chi connectivity index (χ2n) is 5.22. The van der Waals surface area contributed by atoms with Crippen LogP contribution < -0.4 is 5.32 Å². The van der Waals surface area contributed by atoms with E-state index >= 15 is 0 Å². The van der Waals surface area contributed by atoms with Gasteiger partial charge in [-0.1, -0.05) is 31.9 Å². The quantitative estimate of drug-likeness (QED) is 0.801. The zero-order valence-corrected chi connectivity index (χ0v) is 13.0. The highest BCUT2D eigenvalue weighted by molar-refractivity contribution is 7.98. The number of hydrogen-bond donors (Lipinski definition) is 1. The van der Waals surface area contributed by atoms with E-state index in [9.17, 15) is 0 Å². The van der Waals surface area contributed by atoms with Crippen LogP contribution in [0.2, 0.25) is 0 Å². The van der Waals surface area contributed by atoms with E-state index in [-0.39, 0.29) is 0 Å². The Morgan fingerprint density at radius 3 is 2.47 bits per heavy atom. The first kappa shape index (κ1) is 14.9. The molecule has 1 N–H and O–H groups in total. The molecule has 1 aliphatic heterocycles. The van der Waals surface area contributed by atoms with Crippen LogP contribution in [0.5, 0.6) is 0 Å². The van der Waals surface area contributed by atoms with E-state index in [1.54, 1.807) is 0 Å². The summed E-state index contributed by atoms with van der Waals surface area (Å²) >= 11 is 1.82. The van der Waals surface area contributed by atoms with E-state index in [0.29, 0.717) is 6.04 Å². The zero-order valence-electron chi connectivity index (χ0n) is 12.2. The van der Waals surface area contributed by atoms with Crippen molar-refractivity contribution in [3.8, 4) is 0 Å². The van der Waals surface area contributed by atoms with E-state index in [4.69, 9.17) is 0 Å². The molecule has 1 fully saturated rings. The average Bonchev–Trinajstić information content (AvgIpc) is 2.49. The van der Waals surface area contributed by atoms with Crippen molar-refractivity contribution in [2.45, 2.75) is 37.1 Å². The van der Waals surface area contributed by atoms with Gasteiger partial charge in [-0.15, -0.1) is 11.8 Å². The van der Waals surface area contributed by atoms with E-state index in [1.807, 2.05) is 11.8 Å². The van der Waals surface area contributed by atoms with Gasteiger partial charge >= 0.3 is 0 Å². The van der Waals surface area contributed by atoms with Crippen molar-refractivity contribution in [2.24, 2.45) is 0 Å². The summed E-state index contributed by atoms with van der Waals surface area (Å²) in [4.78, 5) is 4.01. The van der Waals surface area contributed by atoms with Gasteiger partial charge < -0.3 is 5.32 Å². The molecule has 3 heteroatoms. The number of piperazine rings is 1. The number of nitrogens with zero attached hydrogens (tertiary/aromatic N) is 1. The molecule has 2 nitrogen and oxygen atoms in total. The number of benzene rings is 1. The third-order valence-electron chi connectivity index (χ3n) is 3.92. The number of thioether (sulfide) groups is 1. The molecule has 106 valence electrons. The lowest BCUT2D eigenvalue weighted by molar-refractivity contribution is 0.163. The first-order valence-electron chi connectivity index (χ1n) is 7.44. The fraction of sp³-hybridized carbons (Fsp3) is 0.625. The molecule has 0 saturated carbocycles. The molecule has 0 aliphatic carbocycles. The molecule has 1 aliphatic rings. The molecular formula is C16H26N2S. The highest BCUT2D eigenvalue weighted by Crippen LogP contribution is 2.28. The fourth-order valence-electron chi connectivity index (χ4n) is 2.78. The Bertz CT molecular complexity index is 358. The first-order chi connectivity index (χ1) is 9.35. The summed E-state index contributed by atoms with van der Waals surface area (Å²) in [6.45, 7) is 6.90. The fourth-order valence-corrected chi connectivity index (χ4v) is 3.19. The van der Waals surface area contributed by atoms with Crippen LogP contribution in [0.3, 0.4) is 0 Å². The summed E-state index contributed by atoms with van der Waals surface area (Å²) in [5.74, 6) is 0. The van der Waals surface area contributed by atoms with Gasteiger partial charge in [-0.2, -0.15) is 0 Å². The van der Waals surface area contributed by atoms with Crippen molar-refractivity contribution >= 4 is 11.8 Å². The lowest BCUT2D eigenvalue weighted by atomic mass is 9.99. The van der Waals surface area contributed by atoms with Crippen molar-refractivity contribution < 1.29 is 0 Å². The van der Waals surface area contributed by atoms with Crippen molar-refractivity contribution in [3.05, 3.63) is 29.8 Å². The number of unbranched alkanes of at least 4 members (excludes halogenated alkanes) is 1. The van der Waals surface area contributed by atoms with Gasteiger partial charge in [0.1, 0.15) is 0 Å². The lowest BCUT2D eigenvalue weighted by Gasteiger charge is -2.35. The van der Waals surface area contributed by atoms with Gasteiger partial charge in [0, 0.05) is 37.1 Å². The Hall–Kier alpha value is -0.510. The van der Waals surface area contributed by atoms with Gasteiger partial charge in [0.15, 0.2) is 0 Å². The average molecular weight is 278 g/mol. The minimum Gasteiger partial charge on any atom is -0.314 e. The minimum atomic E-state index is 0.609. The Morgan fingerprint density at radius 2 is 1.89 bits per heavy atom. The molecule has 1 aromatic rings. The number of hydrogen-bond acceptors (Lipinski definition) is 3. The lowest BCUT2D eigenvalue weighted by Crippen LogP contribution is -2.45. The highest BCUT2D eigenvalue weighted by atomic mass is 32.2. The first-order valence-corrected chi connectivity index (χ1v) is 8.66. The summed E-state index contributed by atoms with van der Waals surface area (Å²) in [5.41, 5.74) is 1.49. The molecule has 0 radical (unpaired) electrons. The van der Waals surface area contributed by atoms with Crippen LogP contribution in [-0.2, 0) is 0 Å². The van der Waals surface area contributed by atoms with Crippen molar-refractivity contribution in [1.82, 2.24) is 10.2 Å². The monoisotopic (exact) mass is 278 g/mol. The molecule has 19 heavy (non-hydrogen) atoms. The minimum absolute atomic E-state index is 0.609. The summed E-state index contributed by atoms with van der Waals surface area (Å²) in [6.07, 6.45) is 6.03. The molecule has 1 saturated heterocycles. The Labute approximate surface area is 122 Å². The van der Waals surface area contributed by atoms with Crippen molar-refractivity contribution in [1.29, 1.82) is 0 Å². The Morgan fingerprint density at radius 1 is 1.21 bits per heavy atom. The second kappa shape index (κ2) is 7.93. The largest absolute Gasteiger partial charge is 0.314 e. The third kappa shape index (κ3) is 4.23. The summed E-state index contributed by atoms with van der Waals surface area (Å²) < 4.78 is 0. The topological polar surface area (TPSA) is 15.3 Å². The van der Waals surface area contributed by atoms with E-state index in [0.717, 1.165) is 13.1 Å². The maximum absolute atomic E-state index is 3.45. The van der Waals surface area contributed by atoms with Gasteiger partial charge in [0.2, 0.25) is 0 Å². The molecule has 1 heterocycles. The molecular weight excluding hydrogens is 252 g/mol. The van der Waals surface area contributed by atoms with Gasteiger partial charge in [-0.05, 0) is 30.4 Å². The molecule has 0 aromatic heterocycles. The maximum atomic E-state index is 3.45. The molecule has 2 rings (SSSR count). The molecule has 0 unspecified atom stereocenters. The standard InChI is InChI=1S/C16H26N2S/c1-3-4-5-16(18-12-10-17-11-13-18)14-6-8-15(19-2)9-7-14/h6-9,16-17H,3-5,10-13H2,1-2H3/t16-/m0/s1. The van der Waals surface area contributed by atoms with Crippen LogP contribution >= 0.6 is 11.8 Å². The normalized spacial score (nSPS) is 18.4. The van der Waals surface area contributed by atoms with Crippen molar-refractivity contribution in [3.63, 3.8) is 0 Å². The van der Waals surface area contributed by atoms with Gasteiger partial charge in [-0.3, -0.25) is 4.90 Å². The van der Waals surface area contributed by atoms with Crippen molar-refractivity contribution in [2.75, 3.05) is 32.4 Å². The van der Waals surface area contributed by atoms with Crippen LogP contribution in [-0.4, -0.2) is 37.3 Å². The summed E-state index contributed by atoms with van der Waals surface area (Å²) in [7, 11) is 0. The van der Waals surface area contributed by atoms with Gasteiger partial charge in [-0.25, -0.2) is 0 Å². The van der Waals surface area contributed by atoms with Crippen LogP contribution in [0.4, 0.5) is 0 Å². The Balaban J connectivity index is 2.10. The summed E-state index contributed by atoms with van der Waals surface area (Å²) in [5, 5.41) is 3.45. The van der Waals surface area contributed by atoms with E-state index in [1.165, 1.54) is 42.8 Å². The van der Waals surface area contributed by atoms with Crippen LogP contribution in [0.15, 0.2) is 29.2 Å². The van der Waals surface area contributed by atoms with Crippen LogP contribution in [0, 0.1) is 0 Å². The SMILES string of the molecule is CCCC[C@@H](c1ccc(SC)cc1)N1CCNCC1. The third-order valence-corrected chi connectivity index (χ3v) is 4.67. The summed E-state index contributed by atoms with van der Waals surface area (Å²) in [6, 6.07) is 9.79. The smallest absolute Gasteiger partial charge is 0.0349 e. The number of rotatable bonds is 6. The predicted molar refractivity (Wildman–Crippen MR) is 84.9 cm³/mol. The molecule has 0 bridgehead atoms. The van der Waals surface area contributed by atoms with Crippen LogP contribution in [0.1, 0.15) is 37.8 Å². The van der Waals surface area contributed by atoms with E-state index in [2.05, 4.69) is 47.7 Å². The predicted octanol–water partition coefficient (Wildman–Crippen LogP) is 3.55. The van der Waals surface area contributed by atoms with Gasteiger partial charge in [0.25, 0.3) is 0 Å². The maximum Gasteiger partial charge on any atom is 0.0349 e. The highest BCUT2D eigenvalue weighted by Gasteiger charge is 2.21.